The molecule has 1 aromatic rings. The van der Waals surface area contributed by atoms with Crippen LogP contribution in [0.15, 0.2) is 28.7 Å². The number of hydrogen-bond acceptors (Lipinski definition) is 3. The van der Waals surface area contributed by atoms with Gasteiger partial charge in [0.25, 0.3) is 0 Å². The Labute approximate surface area is 128 Å². The van der Waals surface area contributed by atoms with Crippen LogP contribution < -0.4 is 11.1 Å². The zero-order valence-electron chi connectivity index (χ0n) is 11.5. The van der Waals surface area contributed by atoms with Gasteiger partial charge in [-0.1, -0.05) is 25.0 Å². The van der Waals surface area contributed by atoms with E-state index in [9.17, 15) is 4.79 Å². The fourth-order valence-electron chi connectivity index (χ4n) is 2.59. The lowest BCUT2D eigenvalue weighted by atomic mass is 9.86. The highest BCUT2D eigenvalue weighted by atomic mass is 79.9. The number of anilines is 1. The second-order valence-electron chi connectivity index (χ2n) is 5.16. The van der Waals surface area contributed by atoms with Gasteiger partial charge in [0.15, 0.2) is 0 Å². The maximum Gasteiger partial charge on any atom is 0.250 e. The Balaban J connectivity index is 1.81. The molecule has 1 aliphatic rings. The van der Waals surface area contributed by atoms with Gasteiger partial charge in [0.1, 0.15) is 6.61 Å². The summed E-state index contributed by atoms with van der Waals surface area (Å²) in [6.07, 6.45) is 4.61. The van der Waals surface area contributed by atoms with Gasteiger partial charge in [0, 0.05) is 4.47 Å². The lowest BCUT2D eigenvalue weighted by Gasteiger charge is -2.30. The number of nitrogens with two attached hydrogens (primary N) is 1. The van der Waals surface area contributed by atoms with Crippen molar-refractivity contribution in [1.82, 2.24) is 0 Å². The topological polar surface area (TPSA) is 64.3 Å². The van der Waals surface area contributed by atoms with Crippen LogP contribution in [0.25, 0.3) is 0 Å². The molecule has 3 N–H and O–H groups in total. The summed E-state index contributed by atoms with van der Waals surface area (Å²) in [6, 6.07) is 7.53. The number of amides is 1. The summed E-state index contributed by atoms with van der Waals surface area (Å²) in [4.78, 5) is 11.9. The van der Waals surface area contributed by atoms with Crippen molar-refractivity contribution in [3.63, 3.8) is 0 Å². The molecule has 5 heteroatoms. The number of nitrogens with one attached hydrogen (secondary N) is 1. The maximum atomic E-state index is 11.9. The van der Waals surface area contributed by atoms with E-state index in [4.69, 9.17) is 10.5 Å². The second-order valence-corrected chi connectivity index (χ2v) is 6.01. The SMILES string of the molecule is NCC1CCCCC1OCC(=O)Nc1ccccc1Br. The zero-order valence-corrected chi connectivity index (χ0v) is 13.1. The third-order valence-corrected chi connectivity index (χ3v) is 4.41. The number of para-hydroxylation sites is 1. The minimum Gasteiger partial charge on any atom is -0.368 e. The first-order chi connectivity index (χ1) is 9.70. The van der Waals surface area contributed by atoms with Crippen LogP contribution in [0.3, 0.4) is 0 Å². The van der Waals surface area contributed by atoms with Gasteiger partial charge in [0.2, 0.25) is 5.91 Å². The average Bonchev–Trinajstić information content (AvgIpc) is 2.48. The third-order valence-electron chi connectivity index (χ3n) is 3.72. The summed E-state index contributed by atoms with van der Waals surface area (Å²) in [6.45, 7) is 0.721. The number of hydrogen-bond donors (Lipinski definition) is 2. The molecular formula is C15H21BrN2O2. The Bertz CT molecular complexity index is 453. The first-order valence-corrected chi connectivity index (χ1v) is 7.86. The molecule has 4 nitrogen and oxygen atoms in total. The molecule has 0 saturated heterocycles. The Morgan fingerprint density at radius 3 is 2.85 bits per heavy atom. The largest absolute Gasteiger partial charge is 0.368 e. The predicted molar refractivity (Wildman–Crippen MR) is 83.5 cm³/mol. The molecule has 0 bridgehead atoms. The smallest absolute Gasteiger partial charge is 0.250 e. The molecular weight excluding hydrogens is 320 g/mol. The lowest BCUT2D eigenvalue weighted by Crippen LogP contribution is -2.35. The van der Waals surface area contributed by atoms with Crippen molar-refractivity contribution in [1.29, 1.82) is 0 Å². The van der Waals surface area contributed by atoms with Gasteiger partial charge in [-0.25, -0.2) is 0 Å². The Hall–Kier alpha value is -0.910. The highest BCUT2D eigenvalue weighted by Crippen LogP contribution is 2.26. The van der Waals surface area contributed by atoms with Crippen LogP contribution in [0.4, 0.5) is 5.69 Å². The Morgan fingerprint density at radius 1 is 1.35 bits per heavy atom. The van der Waals surface area contributed by atoms with Crippen molar-refractivity contribution in [2.75, 3.05) is 18.5 Å². The molecule has 2 atom stereocenters. The lowest BCUT2D eigenvalue weighted by molar-refractivity contribution is -0.124. The van der Waals surface area contributed by atoms with Gasteiger partial charge in [-0.2, -0.15) is 0 Å². The number of ether oxygens (including phenoxy) is 1. The number of carbonyl (C=O) groups excluding carboxylic acids is 1. The van der Waals surface area contributed by atoms with E-state index in [0.717, 1.165) is 29.4 Å². The third kappa shape index (κ3) is 4.30. The summed E-state index contributed by atoms with van der Waals surface area (Å²) in [5.74, 6) is 0.262. The molecule has 0 spiro atoms. The van der Waals surface area contributed by atoms with E-state index >= 15 is 0 Å². The zero-order chi connectivity index (χ0) is 14.4. The highest BCUT2D eigenvalue weighted by molar-refractivity contribution is 9.10. The van der Waals surface area contributed by atoms with Crippen molar-refractivity contribution >= 4 is 27.5 Å². The number of rotatable bonds is 5. The summed E-state index contributed by atoms with van der Waals surface area (Å²) >= 11 is 3.40. The van der Waals surface area contributed by atoms with Crippen LogP contribution in [0, 0.1) is 5.92 Å². The normalized spacial score (nSPS) is 22.5. The van der Waals surface area contributed by atoms with Gasteiger partial charge in [0.05, 0.1) is 11.8 Å². The van der Waals surface area contributed by atoms with Gasteiger partial charge in [-0.3, -0.25) is 4.79 Å². The molecule has 0 heterocycles. The fourth-order valence-corrected chi connectivity index (χ4v) is 2.98. The van der Waals surface area contributed by atoms with Crippen LogP contribution in [0.5, 0.6) is 0 Å². The van der Waals surface area contributed by atoms with E-state index in [-0.39, 0.29) is 18.6 Å². The van der Waals surface area contributed by atoms with Gasteiger partial charge >= 0.3 is 0 Å². The van der Waals surface area contributed by atoms with Gasteiger partial charge < -0.3 is 15.8 Å². The van der Waals surface area contributed by atoms with E-state index in [1.807, 2.05) is 24.3 Å². The van der Waals surface area contributed by atoms with Crippen molar-refractivity contribution < 1.29 is 9.53 Å². The number of halogens is 1. The molecule has 1 aromatic carbocycles. The molecule has 1 amide bonds. The Kier molecular flexibility index (Phi) is 6.01. The fraction of sp³-hybridized carbons (Fsp3) is 0.533. The van der Waals surface area contributed by atoms with Gasteiger partial charge in [-0.05, 0) is 53.4 Å². The van der Waals surface area contributed by atoms with Crippen molar-refractivity contribution in [3.8, 4) is 0 Å². The highest BCUT2D eigenvalue weighted by Gasteiger charge is 2.25. The van der Waals surface area contributed by atoms with Crippen LogP contribution in [0.2, 0.25) is 0 Å². The van der Waals surface area contributed by atoms with Gasteiger partial charge in [-0.15, -0.1) is 0 Å². The summed E-state index contributed by atoms with van der Waals surface area (Å²) in [7, 11) is 0. The van der Waals surface area contributed by atoms with E-state index < -0.39 is 0 Å². The summed E-state index contributed by atoms with van der Waals surface area (Å²) in [5.41, 5.74) is 6.52. The molecule has 2 unspecified atom stereocenters. The molecule has 1 saturated carbocycles. The van der Waals surface area contributed by atoms with E-state index in [0.29, 0.717) is 12.5 Å². The molecule has 0 aromatic heterocycles. The molecule has 0 aliphatic heterocycles. The minimum absolute atomic E-state index is 0.0858. The average molecular weight is 341 g/mol. The van der Waals surface area contributed by atoms with Crippen LogP contribution in [-0.2, 0) is 9.53 Å². The molecule has 110 valence electrons. The van der Waals surface area contributed by atoms with Crippen LogP contribution in [0.1, 0.15) is 25.7 Å². The summed E-state index contributed by atoms with van der Waals surface area (Å²) < 4.78 is 6.62. The molecule has 1 aliphatic carbocycles. The van der Waals surface area contributed by atoms with Crippen molar-refractivity contribution in [2.45, 2.75) is 31.8 Å². The Morgan fingerprint density at radius 2 is 2.10 bits per heavy atom. The van der Waals surface area contributed by atoms with E-state index in [1.54, 1.807) is 0 Å². The molecule has 1 fully saturated rings. The summed E-state index contributed by atoms with van der Waals surface area (Å²) in [5, 5.41) is 2.84. The standard InChI is InChI=1S/C15H21BrN2O2/c16-12-6-2-3-7-13(12)18-15(19)10-20-14-8-4-1-5-11(14)9-17/h2-3,6-7,11,14H,1,4-5,8-10,17H2,(H,18,19). The maximum absolute atomic E-state index is 11.9. The minimum atomic E-state index is -0.127. The quantitative estimate of drug-likeness (QED) is 0.866. The second kappa shape index (κ2) is 7.76. The monoisotopic (exact) mass is 340 g/mol. The van der Waals surface area contributed by atoms with Crippen LogP contribution >= 0.6 is 15.9 Å². The molecule has 20 heavy (non-hydrogen) atoms. The van der Waals surface area contributed by atoms with Crippen molar-refractivity contribution in [3.05, 3.63) is 28.7 Å². The van der Waals surface area contributed by atoms with Crippen molar-refractivity contribution in [2.24, 2.45) is 11.7 Å². The molecule has 0 radical (unpaired) electrons. The van der Waals surface area contributed by atoms with E-state index in [1.165, 1.54) is 6.42 Å². The first-order valence-electron chi connectivity index (χ1n) is 7.06. The predicted octanol–water partition coefficient (Wildman–Crippen LogP) is 2.92. The number of benzene rings is 1. The molecule has 2 rings (SSSR count). The first kappa shape index (κ1) is 15.5. The van der Waals surface area contributed by atoms with E-state index in [2.05, 4.69) is 21.2 Å². The number of carbonyl (C=O) groups is 1. The van der Waals surface area contributed by atoms with Crippen LogP contribution in [-0.4, -0.2) is 25.2 Å².